The summed E-state index contributed by atoms with van der Waals surface area (Å²) in [6.07, 6.45) is 2.22. The van der Waals surface area contributed by atoms with Crippen LogP contribution in [-0.2, 0) is 19.6 Å². The van der Waals surface area contributed by atoms with Crippen molar-refractivity contribution in [3.63, 3.8) is 0 Å². The summed E-state index contributed by atoms with van der Waals surface area (Å²) in [5.41, 5.74) is -0.427. The van der Waals surface area contributed by atoms with Crippen molar-refractivity contribution in [2.24, 2.45) is 5.92 Å². The lowest BCUT2D eigenvalue weighted by Crippen LogP contribution is -2.40. The molecule has 1 saturated carbocycles. The van der Waals surface area contributed by atoms with Crippen molar-refractivity contribution in [3.8, 4) is 0 Å². The average molecular weight is 382 g/mol. The number of sulfonamides is 1. The van der Waals surface area contributed by atoms with Crippen molar-refractivity contribution in [1.82, 2.24) is 10.0 Å². The number of hydrogen-bond donors (Lipinski definition) is 2. The van der Waals surface area contributed by atoms with Crippen molar-refractivity contribution in [1.29, 1.82) is 0 Å². The maximum atomic E-state index is 12.2. The zero-order valence-electron chi connectivity index (χ0n) is 15.5. The Kier molecular flexibility index (Phi) is 6.08. The van der Waals surface area contributed by atoms with Crippen LogP contribution in [0.15, 0.2) is 29.2 Å². The molecule has 0 aromatic heterocycles. The van der Waals surface area contributed by atoms with Gasteiger partial charge in [0.15, 0.2) is 6.61 Å². The van der Waals surface area contributed by atoms with Gasteiger partial charge >= 0.3 is 5.97 Å². The van der Waals surface area contributed by atoms with Gasteiger partial charge in [-0.1, -0.05) is 0 Å². The number of carbonyl (C=O) groups excluding carboxylic acids is 2. The van der Waals surface area contributed by atoms with Crippen LogP contribution in [0.3, 0.4) is 0 Å². The molecule has 144 valence electrons. The summed E-state index contributed by atoms with van der Waals surface area (Å²) in [6, 6.07) is 5.48. The minimum absolute atomic E-state index is 0.0555. The molecule has 0 bridgehead atoms. The monoisotopic (exact) mass is 382 g/mol. The summed E-state index contributed by atoms with van der Waals surface area (Å²) in [6.45, 7) is 6.80. The Morgan fingerprint density at radius 3 is 2.27 bits per heavy atom. The molecule has 1 aliphatic carbocycles. The molecule has 0 spiro atoms. The summed E-state index contributed by atoms with van der Waals surface area (Å²) in [5.74, 6) is -0.496. The fourth-order valence-electron chi connectivity index (χ4n) is 2.46. The van der Waals surface area contributed by atoms with Crippen LogP contribution in [0.5, 0.6) is 0 Å². The minimum Gasteiger partial charge on any atom is -0.452 e. The summed E-state index contributed by atoms with van der Waals surface area (Å²) < 4.78 is 32.0. The molecule has 0 radical (unpaired) electrons. The van der Waals surface area contributed by atoms with Gasteiger partial charge in [-0.25, -0.2) is 17.9 Å². The van der Waals surface area contributed by atoms with E-state index in [0.29, 0.717) is 5.92 Å². The molecule has 2 rings (SSSR count). The Balaban J connectivity index is 1.90. The molecule has 0 heterocycles. The van der Waals surface area contributed by atoms with Gasteiger partial charge in [-0.3, -0.25) is 4.79 Å². The van der Waals surface area contributed by atoms with E-state index in [1.54, 1.807) is 20.8 Å². The molecule has 0 saturated heterocycles. The first-order valence-corrected chi connectivity index (χ1v) is 10.1. The molecule has 1 amide bonds. The van der Waals surface area contributed by atoms with E-state index in [9.17, 15) is 18.0 Å². The fraction of sp³-hybridized carbons (Fsp3) is 0.556. The Morgan fingerprint density at radius 1 is 1.19 bits per heavy atom. The van der Waals surface area contributed by atoms with Crippen molar-refractivity contribution >= 4 is 21.9 Å². The van der Waals surface area contributed by atoms with Gasteiger partial charge < -0.3 is 10.1 Å². The van der Waals surface area contributed by atoms with Crippen LogP contribution in [-0.4, -0.2) is 38.5 Å². The van der Waals surface area contributed by atoms with Gasteiger partial charge in [0.2, 0.25) is 10.0 Å². The number of nitrogens with one attached hydrogen (secondary N) is 2. The van der Waals surface area contributed by atoms with E-state index in [2.05, 4.69) is 10.0 Å². The Hall–Kier alpha value is -1.93. The smallest absolute Gasteiger partial charge is 0.338 e. The number of benzene rings is 1. The predicted octanol–water partition coefficient (Wildman–Crippen LogP) is 1.83. The lowest BCUT2D eigenvalue weighted by Gasteiger charge is -2.20. The van der Waals surface area contributed by atoms with Gasteiger partial charge in [-0.2, -0.15) is 0 Å². The molecule has 1 aromatic carbocycles. The second-order valence-electron chi connectivity index (χ2n) is 7.65. The minimum atomic E-state index is -3.67. The van der Waals surface area contributed by atoms with Crippen LogP contribution in [0.4, 0.5) is 0 Å². The number of hydrogen-bond acceptors (Lipinski definition) is 5. The van der Waals surface area contributed by atoms with Crippen LogP contribution >= 0.6 is 0 Å². The van der Waals surface area contributed by atoms with Gasteiger partial charge in [0.05, 0.1) is 10.5 Å². The lowest BCUT2D eigenvalue weighted by molar-refractivity contribution is -0.124. The third-order valence-corrected chi connectivity index (χ3v) is 5.67. The van der Waals surface area contributed by atoms with E-state index in [4.69, 9.17) is 4.74 Å². The van der Waals surface area contributed by atoms with Crippen LogP contribution in [0.25, 0.3) is 0 Å². The Bertz CT molecular complexity index is 762. The molecule has 0 aliphatic heterocycles. The highest BCUT2D eigenvalue weighted by atomic mass is 32.2. The molecule has 1 atom stereocenters. The second kappa shape index (κ2) is 7.75. The Morgan fingerprint density at radius 2 is 1.77 bits per heavy atom. The van der Waals surface area contributed by atoms with Gasteiger partial charge in [0, 0.05) is 11.6 Å². The average Bonchev–Trinajstić information content (AvgIpc) is 3.35. The van der Waals surface area contributed by atoms with Gasteiger partial charge in [0.25, 0.3) is 5.91 Å². The van der Waals surface area contributed by atoms with E-state index in [1.165, 1.54) is 24.3 Å². The molecule has 1 aliphatic rings. The fourth-order valence-corrected chi connectivity index (χ4v) is 3.87. The van der Waals surface area contributed by atoms with Gasteiger partial charge in [0.1, 0.15) is 0 Å². The molecular formula is C18H26N2O5S. The third kappa shape index (κ3) is 6.10. The van der Waals surface area contributed by atoms with Crippen molar-refractivity contribution in [3.05, 3.63) is 29.8 Å². The first-order valence-electron chi connectivity index (χ1n) is 8.58. The van der Waals surface area contributed by atoms with E-state index in [-0.39, 0.29) is 29.0 Å². The summed E-state index contributed by atoms with van der Waals surface area (Å²) in [7, 11) is -3.67. The largest absolute Gasteiger partial charge is 0.452 e. The Labute approximate surface area is 154 Å². The number of ether oxygens (including phenoxy) is 1. The van der Waals surface area contributed by atoms with Crippen molar-refractivity contribution in [2.75, 3.05) is 6.61 Å². The van der Waals surface area contributed by atoms with Crippen LogP contribution in [0.2, 0.25) is 0 Å². The van der Waals surface area contributed by atoms with E-state index in [1.807, 2.05) is 6.92 Å². The standard InChI is InChI=1S/C18H26N2O5S/c1-12(13-5-6-13)19-16(21)11-25-17(22)14-7-9-15(10-8-14)26(23,24)20-18(2,3)4/h7-10,12-13,20H,5-6,11H2,1-4H3,(H,19,21). The highest BCUT2D eigenvalue weighted by Gasteiger charge is 2.29. The molecule has 26 heavy (non-hydrogen) atoms. The maximum Gasteiger partial charge on any atom is 0.338 e. The lowest BCUT2D eigenvalue weighted by atomic mass is 10.1. The number of rotatable bonds is 7. The zero-order chi connectivity index (χ0) is 19.5. The second-order valence-corrected chi connectivity index (χ2v) is 9.33. The van der Waals surface area contributed by atoms with E-state index >= 15 is 0 Å². The maximum absolute atomic E-state index is 12.2. The quantitative estimate of drug-likeness (QED) is 0.701. The first kappa shape index (κ1) is 20.4. The predicted molar refractivity (Wildman–Crippen MR) is 97.1 cm³/mol. The van der Waals surface area contributed by atoms with Crippen LogP contribution < -0.4 is 10.0 Å². The molecular weight excluding hydrogens is 356 g/mol. The molecule has 8 heteroatoms. The normalized spacial score (nSPS) is 16.0. The summed E-state index contributed by atoms with van der Waals surface area (Å²) in [4.78, 5) is 23.8. The van der Waals surface area contributed by atoms with Gasteiger partial charge in [-0.05, 0) is 70.7 Å². The van der Waals surface area contributed by atoms with Crippen molar-refractivity contribution < 1.29 is 22.7 Å². The molecule has 1 unspecified atom stereocenters. The first-order chi connectivity index (χ1) is 12.0. The zero-order valence-corrected chi connectivity index (χ0v) is 16.4. The topological polar surface area (TPSA) is 102 Å². The van der Waals surface area contributed by atoms with Crippen LogP contribution in [0.1, 0.15) is 50.9 Å². The molecule has 2 N–H and O–H groups in total. The number of carbonyl (C=O) groups is 2. The highest BCUT2D eigenvalue weighted by molar-refractivity contribution is 7.89. The summed E-state index contributed by atoms with van der Waals surface area (Å²) >= 11 is 0. The number of esters is 1. The molecule has 1 fully saturated rings. The van der Waals surface area contributed by atoms with Crippen molar-refractivity contribution in [2.45, 2.75) is 57.0 Å². The van der Waals surface area contributed by atoms with E-state index in [0.717, 1.165) is 12.8 Å². The van der Waals surface area contributed by atoms with Gasteiger partial charge in [-0.15, -0.1) is 0 Å². The SMILES string of the molecule is CC(NC(=O)COC(=O)c1ccc(S(=O)(=O)NC(C)(C)C)cc1)C1CC1. The molecule has 7 nitrogen and oxygen atoms in total. The van der Waals surface area contributed by atoms with E-state index < -0.39 is 21.5 Å². The highest BCUT2D eigenvalue weighted by Crippen LogP contribution is 2.32. The molecule has 1 aromatic rings. The number of amides is 1. The van der Waals surface area contributed by atoms with Crippen LogP contribution in [0, 0.1) is 5.92 Å². The third-order valence-electron chi connectivity index (χ3n) is 3.89. The summed E-state index contributed by atoms with van der Waals surface area (Å²) in [5, 5.41) is 2.80.